The lowest BCUT2D eigenvalue weighted by Gasteiger charge is -2.29. The first kappa shape index (κ1) is 17.2. The summed E-state index contributed by atoms with van der Waals surface area (Å²) in [5.74, 6) is -0.763. The van der Waals surface area contributed by atoms with E-state index in [2.05, 4.69) is 5.32 Å². The molecule has 2 aliphatic rings. The van der Waals surface area contributed by atoms with Crippen LogP contribution in [0.5, 0.6) is 5.75 Å². The summed E-state index contributed by atoms with van der Waals surface area (Å²) >= 11 is 0. The van der Waals surface area contributed by atoms with Crippen molar-refractivity contribution in [2.24, 2.45) is 0 Å². The summed E-state index contributed by atoms with van der Waals surface area (Å²) in [6.07, 6.45) is 0.528. The molecule has 3 amide bonds. The van der Waals surface area contributed by atoms with Gasteiger partial charge in [-0.05, 0) is 36.2 Å². The zero-order valence-corrected chi connectivity index (χ0v) is 14.4. The number of rotatable bonds is 4. The van der Waals surface area contributed by atoms with Crippen LogP contribution in [0.25, 0.3) is 0 Å². The van der Waals surface area contributed by atoms with Crippen LogP contribution in [-0.4, -0.2) is 28.7 Å². The predicted octanol–water partition coefficient (Wildman–Crippen LogP) is 2.17. The van der Waals surface area contributed by atoms with E-state index in [1.165, 1.54) is 17.0 Å². The van der Waals surface area contributed by atoms with Crippen molar-refractivity contribution in [2.45, 2.75) is 32.0 Å². The second-order valence-electron chi connectivity index (χ2n) is 6.60. The standard InChI is InChI=1S/C20H17FN2O4/c21-13-6-4-12(5-7-13)11-27-17-3-1-2-14-15(17)10-23(20(14)26)16-8-9-18(24)22-19(16)25/h1-7,16H,8-11H2,(H,22,24,25)/t16-/m0/s1. The summed E-state index contributed by atoms with van der Waals surface area (Å²) in [4.78, 5) is 37.7. The summed E-state index contributed by atoms with van der Waals surface area (Å²) in [6, 6.07) is 10.5. The highest BCUT2D eigenvalue weighted by atomic mass is 19.1. The lowest BCUT2D eigenvalue weighted by Crippen LogP contribution is -2.52. The molecular formula is C20H17FN2O4. The van der Waals surface area contributed by atoms with Crippen molar-refractivity contribution in [3.8, 4) is 5.75 Å². The molecule has 138 valence electrons. The Morgan fingerprint density at radius 2 is 1.89 bits per heavy atom. The average Bonchev–Trinajstić information content (AvgIpc) is 2.99. The molecule has 1 N–H and O–H groups in total. The Morgan fingerprint density at radius 3 is 2.63 bits per heavy atom. The maximum Gasteiger partial charge on any atom is 0.255 e. The van der Waals surface area contributed by atoms with Crippen LogP contribution in [0.2, 0.25) is 0 Å². The number of piperidine rings is 1. The second-order valence-corrected chi connectivity index (χ2v) is 6.60. The van der Waals surface area contributed by atoms with Crippen molar-refractivity contribution in [1.82, 2.24) is 10.2 Å². The molecule has 2 heterocycles. The molecule has 1 fully saturated rings. The molecule has 6 nitrogen and oxygen atoms in total. The Kier molecular flexibility index (Phi) is 4.35. The van der Waals surface area contributed by atoms with Crippen LogP contribution in [0.3, 0.4) is 0 Å². The van der Waals surface area contributed by atoms with Crippen molar-refractivity contribution in [1.29, 1.82) is 0 Å². The van der Waals surface area contributed by atoms with Crippen LogP contribution in [0.15, 0.2) is 42.5 Å². The van der Waals surface area contributed by atoms with Crippen LogP contribution >= 0.6 is 0 Å². The molecule has 0 unspecified atom stereocenters. The summed E-state index contributed by atoms with van der Waals surface area (Å²) in [7, 11) is 0. The normalized spacial score (nSPS) is 19.1. The first-order valence-electron chi connectivity index (χ1n) is 8.67. The minimum atomic E-state index is -0.660. The van der Waals surface area contributed by atoms with Gasteiger partial charge in [-0.1, -0.05) is 18.2 Å². The van der Waals surface area contributed by atoms with Gasteiger partial charge in [-0.3, -0.25) is 19.7 Å². The Balaban J connectivity index is 1.53. The van der Waals surface area contributed by atoms with Gasteiger partial charge in [-0.15, -0.1) is 0 Å². The smallest absolute Gasteiger partial charge is 0.255 e. The van der Waals surface area contributed by atoms with E-state index in [0.29, 0.717) is 23.3 Å². The molecule has 1 atom stereocenters. The molecule has 0 bridgehead atoms. The molecule has 2 aliphatic heterocycles. The number of nitrogens with zero attached hydrogens (tertiary/aromatic N) is 1. The molecule has 0 radical (unpaired) electrons. The molecule has 1 saturated heterocycles. The van der Waals surface area contributed by atoms with Crippen molar-refractivity contribution >= 4 is 17.7 Å². The van der Waals surface area contributed by atoms with Gasteiger partial charge >= 0.3 is 0 Å². The van der Waals surface area contributed by atoms with Crippen molar-refractivity contribution in [3.63, 3.8) is 0 Å². The zero-order valence-electron chi connectivity index (χ0n) is 14.4. The van der Waals surface area contributed by atoms with Crippen LogP contribution in [0, 0.1) is 5.82 Å². The summed E-state index contributed by atoms with van der Waals surface area (Å²) in [6.45, 7) is 0.489. The minimum absolute atomic E-state index is 0.213. The van der Waals surface area contributed by atoms with Gasteiger partial charge in [-0.25, -0.2) is 4.39 Å². The number of imide groups is 1. The number of carbonyl (C=O) groups excluding carboxylic acids is 3. The fourth-order valence-electron chi connectivity index (χ4n) is 3.43. The van der Waals surface area contributed by atoms with Crippen molar-refractivity contribution in [2.75, 3.05) is 0 Å². The highest BCUT2D eigenvalue weighted by Crippen LogP contribution is 2.33. The molecule has 0 aliphatic carbocycles. The zero-order chi connectivity index (χ0) is 19.0. The number of hydrogen-bond donors (Lipinski definition) is 1. The lowest BCUT2D eigenvalue weighted by atomic mass is 10.0. The largest absolute Gasteiger partial charge is 0.489 e. The number of ether oxygens (including phenoxy) is 1. The SMILES string of the molecule is O=C1CC[C@H](N2Cc3c(OCc4ccc(F)cc4)cccc3C2=O)C(=O)N1. The van der Waals surface area contributed by atoms with E-state index in [1.54, 1.807) is 30.3 Å². The summed E-state index contributed by atoms with van der Waals surface area (Å²) in [5.41, 5.74) is 2.02. The molecule has 0 spiro atoms. The Labute approximate surface area is 154 Å². The lowest BCUT2D eigenvalue weighted by molar-refractivity contribution is -0.136. The quantitative estimate of drug-likeness (QED) is 0.840. The number of nitrogens with one attached hydrogen (secondary N) is 1. The van der Waals surface area contributed by atoms with E-state index in [0.717, 1.165) is 5.56 Å². The van der Waals surface area contributed by atoms with Gasteiger partial charge < -0.3 is 9.64 Å². The van der Waals surface area contributed by atoms with E-state index >= 15 is 0 Å². The number of hydrogen-bond acceptors (Lipinski definition) is 4. The summed E-state index contributed by atoms with van der Waals surface area (Å²) in [5, 5.41) is 2.29. The third-order valence-electron chi connectivity index (χ3n) is 4.85. The fraction of sp³-hybridized carbons (Fsp3) is 0.250. The molecule has 0 aromatic heterocycles. The third-order valence-corrected chi connectivity index (χ3v) is 4.85. The van der Waals surface area contributed by atoms with Gasteiger partial charge in [0.25, 0.3) is 5.91 Å². The Bertz CT molecular complexity index is 926. The monoisotopic (exact) mass is 368 g/mol. The fourth-order valence-corrected chi connectivity index (χ4v) is 3.43. The molecule has 2 aromatic rings. The first-order valence-corrected chi connectivity index (χ1v) is 8.67. The highest BCUT2D eigenvalue weighted by Gasteiger charge is 2.40. The Hall–Kier alpha value is -3.22. The van der Waals surface area contributed by atoms with Crippen LogP contribution < -0.4 is 10.1 Å². The number of benzene rings is 2. The van der Waals surface area contributed by atoms with E-state index in [-0.39, 0.29) is 37.2 Å². The molecule has 2 aromatic carbocycles. The maximum atomic E-state index is 13.0. The maximum absolute atomic E-state index is 13.0. The predicted molar refractivity (Wildman–Crippen MR) is 93.2 cm³/mol. The van der Waals surface area contributed by atoms with Crippen LogP contribution in [0.4, 0.5) is 4.39 Å². The van der Waals surface area contributed by atoms with Gasteiger partial charge in [0.15, 0.2) is 0 Å². The summed E-state index contributed by atoms with van der Waals surface area (Å²) < 4.78 is 18.9. The average molecular weight is 368 g/mol. The number of carbonyl (C=O) groups is 3. The number of halogens is 1. The number of amides is 3. The molecule has 27 heavy (non-hydrogen) atoms. The van der Waals surface area contributed by atoms with E-state index in [9.17, 15) is 18.8 Å². The third kappa shape index (κ3) is 3.28. The molecule has 7 heteroatoms. The van der Waals surface area contributed by atoms with Gasteiger partial charge in [0.1, 0.15) is 24.2 Å². The topological polar surface area (TPSA) is 75.7 Å². The molecular weight excluding hydrogens is 351 g/mol. The molecule has 4 rings (SSSR count). The van der Waals surface area contributed by atoms with E-state index < -0.39 is 11.9 Å². The van der Waals surface area contributed by atoms with E-state index in [1.807, 2.05) is 0 Å². The number of fused-ring (bicyclic) bond motifs is 1. The van der Waals surface area contributed by atoms with Crippen LogP contribution in [0.1, 0.15) is 34.3 Å². The first-order chi connectivity index (χ1) is 13.0. The van der Waals surface area contributed by atoms with Crippen molar-refractivity contribution in [3.05, 3.63) is 65.0 Å². The molecule has 0 saturated carbocycles. The highest BCUT2D eigenvalue weighted by molar-refractivity contribution is 6.05. The van der Waals surface area contributed by atoms with Gasteiger partial charge in [0.05, 0.1) is 6.54 Å². The second kappa shape index (κ2) is 6.83. The van der Waals surface area contributed by atoms with Gasteiger partial charge in [0.2, 0.25) is 11.8 Å². The minimum Gasteiger partial charge on any atom is -0.489 e. The Morgan fingerprint density at radius 1 is 1.11 bits per heavy atom. The van der Waals surface area contributed by atoms with Gasteiger partial charge in [-0.2, -0.15) is 0 Å². The van der Waals surface area contributed by atoms with Crippen molar-refractivity contribution < 1.29 is 23.5 Å². The van der Waals surface area contributed by atoms with Gasteiger partial charge in [0, 0.05) is 17.5 Å². The van der Waals surface area contributed by atoms with Crippen LogP contribution in [-0.2, 0) is 22.7 Å². The van der Waals surface area contributed by atoms with E-state index in [4.69, 9.17) is 4.74 Å².